The van der Waals surface area contributed by atoms with Crippen molar-refractivity contribution in [1.29, 1.82) is 0 Å². The van der Waals surface area contributed by atoms with Crippen molar-refractivity contribution in [2.45, 2.75) is 33.2 Å². The fourth-order valence-corrected chi connectivity index (χ4v) is 3.19. The van der Waals surface area contributed by atoms with Crippen LogP contribution in [0.4, 0.5) is 0 Å². The summed E-state index contributed by atoms with van der Waals surface area (Å²) in [6.45, 7) is 8.16. The van der Waals surface area contributed by atoms with E-state index in [0.717, 1.165) is 16.5 Å². The summed E-state index contributed by atoms with van der Waals surface area (Å²) in [4.78, 5) is 7.12. The lowest BCUT2D eigenvalue weighted by atomic mass is 9.82. The summed E-state index contributed by atoms with van der Waals surface area (Å²) in [7, 11) is 0. The van der Waals surface area contributed by atoms with Gasteiger partial charge in [0, 0.05) is 22.6 Å². The molecule has 20 heavy (non-hydrogen) atoms. The first kappa shape index (κ1) is 14.0. The molecule has 0 saturated carbocycles. The number of hydrogen-bond acceptors (Lipinski definition) is 2. The zero-order valence-corrected chi connectivity index (χ0v) is 13.8. The van der Waals surface area contributed by atoms with E-state index in [1.807, 2.05) is 12.3 Å². The SMILES string of the molecule is CC1(C)CCN(Cc2cnc3ccc(Br)cc3c2)CC1. The molecule has 2 heterocycles. The van der Waals surface area contributed by atoms with Crippen LogP contribution in [0.3, 0.4) is 0 Å². The van der Waals surface area contributed by atoms with Gasteiger partial charge >= 0.3 is 0 Å². The Hall–Kier alpha value is -0.930. The Labute approximate surface area is 129 Å². The van der Waals surface area contributed by atoms with Gasteiger partial charge in [-0.1, -0.05) is 29.8 Å². The van der Waals surface area contributed by atoms with Gasteiger partial charge in [-0.25, -0.2) is 0 Å². The van der Waals surface area contributed by atoms with Crippen molar-refractivity contribution < 1.29 is 0 Å². The van der Waals surface area contributed by atoms with E-state index in [1.54, 1.807) is 0 Å². The van der Waals surface area contributed by atoms with Gasteiger partial charge in [0.2, 0.25) is 0 Å². The topological polar surface area (TPSA) is 16.1 Å². The normalized spacial score (nSPS) is 19.4. The first-order valence-corrected chi connectivity index (χ1v) is 8.08. The average molecular weight is 333 g/mol. The Morgan fingerprint density at radius 2 is 1.95 bits per heavy atom. The van der Waals surface area contributed by atoms with E-state index >= 15 is 0 Å². The Morgan fingerprint density at radius 3 is 2.70 bits per heavy atom. The highest BCUT2D eigenvalue weighted by atomic mass is 79.9. The molecule has 2 aromatic rings. The zero-order chi connectivity index (χ0) is 14.2. The molecule has 0 amide bonds. The summed E-state index contributed by atoms with van der Waals surface area (Å²) < 4.78 is 1.11. The number of aromatic nitrogens is 1. The van der Waals surface area contributed by atoms with Crippen LogP contribution in [-0.2, 0) is 6.54 Å². The molecule has 1 aromatic carbocycles. The van der Waals surface area contributed by atoms with E-state index in [0.29, 0.717) is 5.41 Å². The summed E-state index contributed by atoms with van der Waals surface area (Å²) in [6, 6.07) is 8.52. The van der Waals surface area contributed by atoms with Crippen molar-refractivity contribution in [2.75, 3.05) is 13.1 Å². The van der Waals surface area contributed by atoms with E-state index in [-0.39, 0.29) is 0 Å². The van der Waals surface area contributed by atoms with Crippen molar-refractivity contribution in [3.8, 4) is 0 Å². The third-order valence-electron chi connectivity index (χ3n) is 4.32. The number of hydrogen-bond donors (Lipinski definition) is 0. The summed E-state index contributed by atoms with van der Waals surface area (Å²) in [5.41, 5.74) is 2.90. The molecular weight excluding hydrogens is 312 g/mol. The molecule has 3 heteroatoms. The highest BCUT2D eigenvalue weighted by Gasteiger charge is 2.25. The zero-order valence-electron chi connectivity index (χ0n) is 12.2. The van der Waals surface area contributed by atoms with Crippen molar-refractivity contribution in [3.63, 3.8) is 0 Å². The summed E-state index contributed by atoms with van der Waals surface area (Å²) in [5, 5.41) is 1.22. The number of halogens is 1. The van der Waals surface area contributed by atoms with Gasteiger partial charge in [-0.05, 0) is 61.2 Å². The fraction of sp³-hybridized carbons (Fsp3) is 0.471. The van der Waals surface area contributed by atoms with Crippen LogP contribution in [0.5, 0.6) is 0 Å². The van der Waals surface area contributed by atoms with E-state index < -0.39 is 0 Å². The smallest absolute Gasteiger partial charge is 0.0702 e. The molecule has 106 valence electrons. The fourth-order valence-electron chi connectivity index (χ4n) is 2.81. The predicted molar refractivity (Wildman–Crippen MR) is 87.7 cm³/mol. The van der Waals surface area contributed by atoms with E-state index in [4.69, 9.17) is 0 Å². The monoisotopic (exact) mass is 332 g/mol. The number of nitrogens with zero attached hydrogens (tertiary/aromatic N) is 2. The van der Waals surface area contributed by atoms with Crippen LogP contribution in [-0.4, -0.2) is 23.0 Å². The van der Waals surface area contributed by atoms with Crippen LogP contribution in [0.1, 0.15) is 32.3 Å². The Balaban J connectivity index is 1.75. The van der Waals surface area contributed by atoms with E-state index in [2.05, 4.69) is 57.9 Å². The van der Waals surface area contributed by atoms with Crippen molar-refractivity contribution in [1.82, 2.24) is 9.88 Å². The Kier molecular flexibility index (Phi) is 3.83. The van der Waals surface area contributed by atoms with Crippen molar-refractivity contribution >= 4 is 26.8 Å². The van der Waals surface area contributed by atoms with Crippen LogP contribution in [0.25, 0.3) is 10.9 Å². The highest BCUT2D eigenvalue weighted by Crippen LogP contribution is 2.30. The third kappa shape index (κ3) is 3.21. The molecule has 1 aliphatic heterocycles. The predicted octanol–water partition coefficient (Wildman–Crippen LogP) is 4.62. The second-order valence-electron chi connectivity index (χ2n) is 6.62. The van der Waals surface area contributed by atoms with Crippen LogP contribution in [0, 0.1) is 5.41 Å². The van der Waals surface area contributed by atoms with Crippen LogP contribution in [0.2, 0.25) is 0 Å². The van der Waals surface area contributed by atoms with E-state index in [1.165, 1.54) is 36.9 Å². The Morgan fingerprint density at radius 1 is 1.20 bits per heavy atom. The van der Waals surface area contributed by atoms with Gasteiger partial charge in [0.1, 0.15) is 0 Å². The van der Waals surface area contributed by atoms with Gasteiger partial charge in [-0.3, -0.25) is 9.88 Å². The molecule has 3 rings (SSSR count). The first-order chi connectivity index (χ1) is 9.52. The minimum absolute atomic E-state index is 0.517. The summed E-state index contributed by atoms with van der Waals surface area (Å²) >= 11 is 3.53. The number of piperidine rings is 1. The molecule has 0 bridgehead atoms. The van der Waals surface area contributed by atoms with Crippen molar-refractivity contribution in [3.05, 3.63) is 40.5 Å². The summed E-state index contributed by atoms with van der Waals surface area (Å²) in [6.07, 6.45) is 4.61. The molecule has 0 radical (unpaired) electrons. The molecule has 2 nitrogen and oxygen atoms in total. The number of benzene rings is 1. The van der Waals surface area contributed by atoms with Gasteiger partial charge in [0.15, 0.2) is 0 Å². The molecular formula is C17H21BrN2. The van der Waals surface area contributed by atoms with Gasteiger partial charge in [-0.2, -0.15) is 0 Å². The molecule has 0 spiro atoms. The van der Waals surface area contributed by atoms with Gasteiger partial charge < -0.3 is 0 Å². The number of rotatable bonds is 2. The molecule has 1 aliphatic rings. The lowest BCUT2D eigenvalue weighted by molar-refractivity contribution is 0.127. The lowest BCUT2D eigenvalue weighted by Crippen LogP contribution is -2.36. The van der Waals surface area contributed by atoms with Gasteiger partial charge in [0.25, 0.3) is 0 Å². The van der Waals surface area contributed by atoms with Gasteiger partial charge in [-0.15, -0.1) is 0 Å². The maximum Gasteiger partial charge on any atom is 0.0702 e. The second kappa shape index (κ2) is 5.45. The number of pyridine rings is 1. The van der Waals surface area contributed by atoms with Crippen LogP contribution >= 0.6 is 15.9 Å². The number of likely N-dealkylation sites (tertiary alicyclic amines) is 1. The average Bonchev–Trinajstić information content (AvgIpc) is 2.41. The third-order valence-corrected chi connectivity index (χ3v) is 4.81. The lowest BCUT2D eigenvalue weighted by Gasteiger charge is -2.36. The summed E-state index contributed by atoms with van der Waals surface area (Å²) in [5.74, 6) is 0. The quantitative estimate of drug-likeness (QED) is 0.797. The van der Waals surface area contributed by atoms with Gasteiger partial charge in [0.05, 0.1) is 5.52 Å². The largest absolute Gasteiger partial charge is 0.299 e. The molecule has 0 atom stereocenters. The first-order valence-electron chi connectivity index (χ1n) is 7.28. The van der Waals surface area contributed by atoms with E-state index in [9.17, 15) is 0 Å². The second-order valence-corrected chi connectivity index (χ2v) is 7.54. The molecule has 1 aromatic heterocycles. The number of fused-ring (bicyclic) bond motifs is 1. The molecule has 1 fully saturated rings. The maximum absolute atomic E-state index is 4.57. The molecule has 1 saturated heterocycles. The highest BCUT2D eigenvalue weighted by molar-refractivity contribution is 9.10. The molecule has 0 aliphatic carbocycles. The maximum atomic E-state index is 4.57. The molecule has 0 N–H and O–H groups in total. The van der Waals surface area contributed by atoms with Crippen LogP contribution in [0.15, 0.2) is 34.9 Å². The minimum atomic E-state index is 0.517. The van der Waals surface area contributed by atoms with Crippen LogP contribution < -0.4 is 0 Å². The molecule has 0 unspecified atom stereocenters. The van der Waals surface area contributed by atoms with Crippen molar-refractivity contribution in [2.24, 2.45) is 5.41 Å². The standard InChI is InChI=1S/C17H21BrN2/c1-17(2)5-7-20(8-6-17)12-13-9-14-10-15(18)3-4-16(14)19-11-13/h3-4,9-11H,5-8,12H2,1-2H3. The Bertz CT molecular complexity index is 611. The minimum Gasteiger partial charge on any atom is -0.299 e.